The zero-order chi connectivity index (χ0) is 14.8. The number of benzene rings is 1. The van der Waals surface area contributed by atoms with Crippen LogP contribution < -0.4 is 5.32 Å². The van der Waals surface area contributed by atoms with Gasteiger partial charge in [-0.2, -0.15) is 0 Å². The molecule has 3 rings (SSSR count). The zero-order valence-corrected chi connectivity index (χ0v) is 12.6. The van der Waals surface area contributed by atoms with E-state index in [1.165, 1.54) is 5.52 Å². The van der Waals surface area contributed by atoms with Crippen molar-refractivity contribution in [3.63, 3.8) is 0 Å². The van der Waals surface area contributed by atoms with Gasteiger partial charge >= 0.3 is 0 Å². The number of imidazole rings is 1. The number of aromatic nitrogens is 3. The molecule has 0 spiro atoms. The van der Waals surface area contributed by atoms with E-state index in [1.807, 2.05) is 12.1 Å². The largest absolute Gasteiger partial charge is 0.364 e. The maximum atomic E-state index is 4.85. The van der Waals surface area contributed by atoms with E-state index in [9.17, 15) is 0 Å². The van der Waals surface area contributed by atoms with Crippen LogP contribution in [0, 0.1) is 0 Å². The van der Waals surface area contributed by atoms with E-state index in [4.69, 9.17) is 9.51 Å². The van der Waals surface area contributed by atoms with E-state index >= 15 is 0 Å². The Balaban J connectivity index is 1.89. The van der Waals surface area contributed by atoms with Crippen LogP contribution in [0.4, 0.5) is 0 Å². The minimum absolute atomic E-state index is 0.136. The number of nitrogens with one attached hydrogen (secondary N) is 1. The molecular formula is C16H20N4O. The van der Waals surface area contributed by atoms with Crippen molar-refractivity contribution < 1.29 is 4.52 Å². The number of fused-ring (bicyclic) bond motifs is 1. The van der Waals surface area contributed by atoms with Crippen molar-refractivity contribution >= 4 is 11.0 Å². The Morgan fingerprint density at radius 3 is 2.71 bits per heavy atom. The van der Waals surface area contributed by atoms with Crippen molar-refractivity contribution in [2.75, 3.05) is 0 Å². The Morgan fingerprint density at radius 2 is 2.00 bits per heavy atom. The molecule has 2 heterocycles. The Kier molecular flexibility index (Phi) is 3.75. The molecule has 3 aromatic rings. The van der Waals surface area contributed by atoms with E-state index in [0.29, 0.717) is 12.6 Å². The van der Waals surface area contributed by atoms with E-state index in [1.54, 1.807) is 6.26 Å². The number of hydrogen-bond acceptors (Lipinski definition) is 4. The second kappa shape index (κ2) is 5.69. The fourth-order valence-electron chi connectivity index (χ4n) is 2.59. The molecule has 1 atom stereocenters. The molecule has 0 bridgehead atoms. The van der Waals surface area contributed by atoms with Crippen molar-refractivity contribution in [3.8, 4) is 0 Å². The molecule has 0 saturated heterocycles. The summed E-state index contributed by atoms with van der Waals surface area (Å²) in [6, 6.07) is 10.6. The van der Waals surface area contributed by atoms with Crippen LogP contribution in [0.5, 0.6) is 0 Å². The molecule has 0 aliphatic rings. The predicted molar refractivity (Wildman–Crippen MR) is 81.9 cm³/mol. The molecule has 0 amide bonds. The minimum Gasteiger partial charge on any atom is -0.364 e. The van der Waals surface area contributed by atoms with E-state index in [-0.39, 0.29) is 6.04 Å². The Morgan fingerprint density at radius 1 is 1.19 bits per heavy atom. The van der Waals surface area contributed by atoms with Crippen LogP contribution in [0.1, 0.15) is 44.4 Å². The number of nitrogens with zero attached hydrogens (tertiary/aromatic N) is 3. The molecule has 5 nitrogen and oxygen atoms in total. The SMILES string of the molecule is CC(NCc1ccon1)c1nc2ccccc2n1C(C)C. The average molecular weight is 284 g/mol. The molecule has 110 valence electrons. The maximum absolute atomic E-state index is 4.85. The Hall–Kier alpha value is -2.14. The molecular weight excluding hydrogens is 264 g/mol. The van der Waals surface area contributed by atoms with Crippen LogP contribution in [-0.4, -0.2) is 14.7 Å². The van der Waals surface area contributed by atoms with Gasteiger partial charge in [0, 0.05) is 18.7 Å². The lowest BCUT2D eigenvalue weighted by Crippen LogP contribution is -2.22. The summed E-state index contributed by atoms with van der Waals surface area (Å²) in [4.78, 5) is 4.79. The van der Waals surface area contributed by atoms with Crippen molar-refractivity contribution in [1.82, 2.24) is 20.0 Å². The van der Waals surface area contributed by atoms with Gasteiger partial charge < -0.3 is 14.4 Å². The third-order valence-electron chi connectivity index (χ3n) is 3.61. The normalized spacial score (nSPS) is 13.1. The first-order chi connectivity index (χ1) is 10.2. The highest BCUT2D eigenvalue weighted by Crippen LogP contribution is 2.24. The van der Waals surface area contributed by atoms with Crippen LogP contribution in [0.25, 0.3) is 11.0 Å². The Bertz CT molecular complexity index is 715. The molecule has 1 unspecified atom stereocenters. The van der Waals surface area contributed by atoms with E-state index in [0.717, 1.165) is 17.0 Å². The number of hydrogen-bond donors (Lipinski definition) is 1. The molecule has 5 heteroatoms. The van der Waals surface area contributed by atoms with Gasteiger partial charge in [-0.15, -0.1) is 0 Å². The summed E-state index contributed by atoms with van der Waals surface area (Å²) in [6.45, 7) is 7.16. The van der Waals surface area contributed by atoms with Gasteiger partial charge in [0.2, 0.25) is 0 Å². The fourth-order valence-corrected chi connectivity index (χ4v) is 2.59. The highest BCUT2D eigenvalue weighted by atomic mass is 16.5. The summed E-state index contributed by atoms with van der Waals surface area (Å²) in [5.41, 5.74) is 3.11. The first-order valence-corrected chi connectivity index (χ1v) is 7.26. The summed E-state index contributed by atoms with van der Waals surface area (Å²) < 4.78 is 7.14. The van der Waals surface area contributed by atoms with Crippen molar-refractivity contribution in [3.05, 3.63) is 48.1 Å². The highest BCUT2D eigenvalue weighted by molar-refractivity contribution is 5.76. The molecule has 21 heavy (non-hydrogen) atoms. The predicted octanol–water partition coefficient (Wildman–Crippen LogP) is 3.46. The van der Waals surface area contributed by atoms with Gasteiger partial charge in [0.25, 0.3) is 0 Å². The van der Waals surface area contributed by atoms with Crippen molar-refractivity contribution in [1.29, 1.82) is 0 Å². The minimum atomic E-state index is 0.136. The second-order valence-corrected chi connectivity index (χ2v) is 5.52. The summed E-state index contributed by atoms with van der Waals surface area (Å²) in [6.07, 6.45) is 1.59. The lowest BCUT2D eigenvalue weighted by Gasteiger charge is -2.18. The first kappa shape index (κ1) is 13.8. The Labute approximate surface area is 124 Å². The third-order valence-corrected chi connectivity index (χ3v) is 3.61. The average Bonchev–Trinajstić information content (AvgIpc) is 3.11. The summed E-state index contributed by atoms with van der Waals surface area (Å²) in [7, 11) is 0. The third kappa shape index (κ3) is 2.69. The van der Waals surface area contributed by atoms with Crippen LogP contribution in [-0.2, 0) is 6.54 Å². The molecule has 0 saturated carbocycles. The van der Waals surface area contributed by atoms with Gasteiger partial charge in [-0.1, -0.05) is 17.3 Å². The lowest BCUT2D eigenvalue weighted by atomic mass is 10.2. The highest BCUT2D eigenvalue weighted by Gasteiger charge is 2.18. The summed E-state index contributed by atoms with van der Waals surface area (Å²) in [5, 5.41) is 7.37. The van der Waals surface area contributed by atoms with Gasteiger partial charge in [0.15, 0.2) is 0 Å². The molecule has 2 aromatic heterocycles. The standard InChI is InChI=1S/C16H20N4O/c1-11(2)20-15-7-5-4-6-14(15)18-16(20)12(3)17-10-13-8-9-21-19-13/h4-9,11-12,17H,10H2,1-3H3. The van der Waals surface area contributed by atoms with Gasteiger partial charge in [-0.25, -0.2) is 4.98 Å². The summed E-state index contributed by atoms with van der Waals surface area (Å²) >= 11 is 0. The lowest BCUT2D eigenvalue weighted by molar-refractivity contribution is 0.403. The van der Waals surface area contributed by atoms with Crippen LogP contribution in [0.2, 0.25) is 0 Å². The van der Waals surface area contributed by atoms with Gasteiger partial charge in [0.1, 0.15) is 12.1 Å². The maximum Gasteiger partial charge on any atom is 0.127 e. The van der Waals surface area contributed by atoms with Gasteiger partial charge in [-0.05, 0) is 32.9 Å². The molecule has 1 aromatic carbocycles. The second-order valence-electron chi connectivity index (χ2n) is 5.52. The van der Waals surface area contributed by atoms with E-state index < -0.39 is 0 Å². The number of rotatable bonds is 5. The van der Waals surface area contributed by atoms with Gasteiger partial charge in [0.05, 0.1) is 22.8 Å². The summed E-state index contributed by atoms with van der Waals surface area (Å²) in [5.74, 6) is 1.05. The number of para-hydroxylation sites is 2. The smallest absolute Gasteiger partial charge is 0.127 e. The van der Waals surface area contributed by atoms with Crippen LogP contribution in [0.3, 0.4) is 0 Å². The zero-order valence-electron chi connectivity index (χ0n) is 12.6. The monoisotopic (exact) mass is 284 g/mol. The molecule has 0 radical (unpaired) electrons. The van der Waals surface area contributed by atoms with Crippen LogP contribution in [0.15, 0.2) is 41.1 Å². The first-order valence-electron chi connectivity index (χ1n) is 7.26. The molecule has 0 fully saturated rings. The molecule has 0 aliphatic carbocycles. The molecule has 1 N–H and O–H groups in total. The van der Waals surface area contributed by atoms with E-state index in [2.05, 4.69) is 54.0 Å². The van der Waals surface area contributed by atoms with Gasteiger partial charge in [-0.3, -0.25) is 0 Å². The quantitative estimate of drug-likeness (QED) is 0.779. The van der Waals surface area contributed by atoms with Crippen molar-refractivity contribution in [2.24, 2.45) is 0 Å². The van der Waals surface area contributed by atoms with Crippen LogP contribution >= 0.6 is 0 Å². The molecule has 0 aliphatic heterocycles. The van der Waals surface area contributed by atoms with Crippen molar-refractivity contribution in [2.45, 2.75) is 39.4 Å². The fraction of sp³-hybridized carbons (Fsp3) is 0.375. The topological polar surface area (TPSA) is 55.9 Å².